The van der Waals surface area contributed by atoms with Crippen molar-refractivity contribution in [3.63, 3.8) is 0 Å². The largest absolute Gasteiger partial charge is 0.341 e. The summed E-state index contributed by atoms with van der Waals surface area (Å²) in [5, 5.41) is 14.9. The molecule has 3 rings (SSSR count). The quantitative estimate of drug-likeness (QED) is 0.653. The Morgan fingerprint density at radius 3 is 2.67 bits per heavy atom. The Balaban J connectivity index is 1.60. The van der Waals surface area contributed by atoms with Crippen LogP contribution in [0, 0.1) is 16.0 Å². The van der Waals surface area contributed by atoms with Crippen molar-refractivity contribution in [2.45, 2.75) is 50.7 Å². The van der Waals surface area contributed by atoms with Gasteiger partial charge < -0.3 is 10.2 Å². The number of nitro benzene ring substituents is 1. The molecule has 6 nitrogen and oxygen atoms in total. The first-order valence-corrected chi connectivity index (χ1v) is 8.73. The molecule has 1 N–H and O–H groups in total. The zero-order valence-corrected chi connectivity index (χ0v) is 14.5. The van der Waals surface area contributed by atoms with Crippen LogP contribution >= 0.6 is 11.6 Å². The van der Waals surface area contributed by atoms with Crippen molar-refractivity contribution in [1.29, 1.82) is 0 Å². The molecule has 0 radical (unpaired) electrons. The second kappa shape index (κ2) is 7.07. The minimum Gasteiger partial charge on any atom is -0.341 e. The van der Waals surface area contributed by atoms with E-state index in [4.69, 9.17) is 11.6 Å². The lowest BCUT2D eigenvalue weighted by molar-refractivity contribution is -0.384. The number of benzene rings is 1. The molecule has 2 bridgehead atoms. The number of hydrogen-bond acceptors (Lipinski definition) is 4. The highest BCUT2D eigenvalue weighted by molar-refractivity contribution is 6.31. The number of carbonyl (C=O) groups excluding carboxylic acids is 1. The van der Waals surface area contributed by atoms with Gasteiger partial charge >= 0.3 is 0 Å². The molecule has 7 heteroatoms. The Morgan fingerprint density at radius 2 is 2.04 bits per heavy atom. The predicted molar refractivity (Wildman–Crippen MR) is 91.9 cm³/mol. The highest BCUT2D eigenvalue weighted by atomic mass is 35.5. The van der Waals surface area contributed by atoms with Crippen molar-refractivity contribution >= 4 is 23.2 Å². The number of nitrogens with zero attached hydrogens (tertiary/aromatic N) is 2. The molecule has 2 heterocycles. The predicted octanol–water partition coefficient (Wildman–Crippen LogP) is 3.13. The maximum Gasteiger partial charge on any atom is 0.269 e. The third-order valence-electron chi connectivity index (χ3n) is 5.11. The third-order valence-corrected chi connectivity index (χ3v) is 5.48. The molecule has 2 aliphatic heterocycles. The normalized spacial score (nSPS) is 25.5. The SMILES string of the molecule is CN(Cc1cc([N+](=O)[O-])ccc1Cl)C(=O)CC1CC2CCC(C1)N2. The van der Waals surface area contributed by atoms with Crippen LogP contribution in [0.5, 0.6) is 0 Å². The van der Waals surface area contributed by atoms with E-state index in [2.05, 4.69) is 5.32 Å². The number of hydrogen-bond donors (Lipinski definition) is 1. The van der Waals surface area contributed by atoms with E-state index in [1.54, 1.807) is 11.9 Å². The molecule has 24 heavy (non-hydrogen) atoms. The monoisotopic (exact) mass is 351 g/mol. The number of carbonyl (C=O) groups is 1. The maximum atomic E-state index is 12.5. The zero-order chi connectivity index (χ0) is 17.3. The smallest absolute Gasteiger partial charge is 0.269 e. The molecule has 130 valence electrons. The second-order valence-electron chi connectivity index (χ2n) is 6.96. The Kier molecular flexibility index (Phi) is 5.06. The van der Waals surface area contributed by atoms with Crippen LogP contribution in [0.25, 0.3) is 0 Å². The van der Waals surface area contributed by atoms with Crippen LogP contribution in [-0.4, -0.2) is 34.9 Å². The molecular weight excluding hydrogens is 330 g/mol. The van der Waals surface area contributed by atoms with E-state index in [-0.39, 0.29) is 18.1 Å². The van der Waals surface area contributed by atoms with Crippen molar-refractivity contribution in [1.82, 2.24) is 10.2 Å². The van der Waals surface area contributed by atoms with Gasteiger partial charge in [-0.25, -0.2) is 0 Å². The summed E-state index contributed by atoms with van der Waals surface area (Å²) in [4.78, 5) is 24.6. The van der Waals surface area contributed by atoms with Gasteiger partial charge in [-0.3, -0.25) is 14.9 Å². The lowest BCUT2D eigenvalue weighted by atomic mass is 9.89. The Hall–Kier alpha value is -1.66. The fourth-order valence-electron chi connectivity index (χ4n) is 3.88. The average molecular weight is 352 g/mol. The topological polar surface area (TPSA) is 75.5 Å². The summed E-state index contributed by atoms with van der Waals surface area (Å²) in [5.41, 5.74) is 0.595. The first kappa shape index (κ1) is 17.2. The standard InChI is InChI=1S/C17H22ClN3O3/c1-20(10-12-9-15(21(23)24)4-5-16(12)18)17(22)8-11-6-13-2-3-14(7-11)19-13/h4-5,9,11,13-14,19H,2-3,6-8,10H2,1H3. The fourth-order valence-corrected chi connectivity index (χ4v) is 4.06. The molecular formula is C17H22ClN3O3. The van der Waals surface area contributed by atoms with Gasteiger partial charge in [0.25, 0.3) is 5.69 Å². The summed E-state index contributed by atoms with van der Waals surface area (Å²) in [6.07, 6.45) is 5.10. The van der Waals surface area contributed by atoms with E-state index in [9.17, 15) is 14.9 Å². The number of piperidine rings is 1. The van der Waals surface area contributed by atoms with E-state index in [0.717, 1.165) is 12.8 Å². The van der Waals surface area contributed by atoms with E-state index >= 15 is 0 Å². The van der Waals surface area contributed by atoms with Gasteiger partial charge in [0.1, 0.15) is 0 Å². The van der Waals surface area contributed by atoms with Gasteiger partial charge in [0.15, 0.2) is 0 Å². The molecule has 1 aromatic rings. The summed E-state index contributed by atoms with van der Waals surface area (Å²) in [5.74, 6) is 0.503. The highest BCUT2D eigenvalue weighted by Crippen LogP contribution is 2.33. The maximum absolute atomic E-state index is 12.5. The molecule has 0 spiro atoms. The van der Waals surface area contributed by atoms with E-state index in [1.165, 1.54) is 31.0 Å². The van der Waals surface area contributed by atoms with Crippen LogP contribution in [0.3, 0.4) is 0 Å². The molecule has 2 fully saturated rings. The first-order valence-electron chi connectivity index (χ1n) is 8.35. The summed E-state index contributed by atoms with van der Waals surface area (Å²) in [6.45, 7) is 0.289. The highest BCUT2D eigenvalue weighted by Gasteiger charge is 2.34. The fraction of sp³-hybridized carbons (Fsp3) is 0.588. The van der Waals surface area contributed by atoms with E-state index in [1.807, 2.05) is 0 Å². The molecule has 0 aliphatic carbocycles. The lowest BCUT2D eigenvalue weighted by Crippen LogP contribution is -2.39. The third kappa shape index (κ3) is 3.87. The molecule has 2 unspecified atom stereocenters. The number of nitro groups is 1. The van der Waals surface area contributed by atoms with Crippen LogP contribution in [0.15, 0.2) is 18.2 Å². The van der Waals surface area contributed by atoms with Crippen molar-refractivity contribution in [2.24, 2.45) is 5.92 Å². The molecule has 2 saturated heterocycles. The van der Waals surface area contributed by atoms with Gasteiger partial charge in [0.05, 0.1) is 4.92 Å². The van der Waals surface area contributed by atoms with Crippen molar-refractivity contribution in [3.8, 4) is 0 Å². The molecule has 0 saturated carbocycles. The summed E-state index contributed by atoms with van der Waals surface area (Å²) < 4.78 is 0. The first-order chi connectivity index (χ1) is 11.4. The summed E-state index contributed by atoms with van der Waals surface area (Å²) in [6, 6.07) is 5.46. The van der Waals surface area contributed by atoms with Crippen molar-refractivity contribution < 1.29 is 9.72 Å². The van der Waals surface area contributed by atoms with Crippen molar-refractivity contribution in [3.05, 3.63) is 38.9 Å². The summed E-state index contributed by atoms with van der Waals surface area (Å²) in [7, 11) is 1.73. The minimum absolute atomic E-state index is 0.00909. The molecule has 2 aliphatic rings. The van der Waals surface area contributed by atoms with E-state index < -0.39 is 4.92 Å². The molecule has 2 atom stereocenters. The molecule has 1 amide bonds. The van der Waals surface area contributed by atoms with Crippen LogP contribution in [0.4, 0.5) is 5.69 Å². The number of amides is 1. The summed E-state index contributed by atoms with van der Waals surface area (Å²) >= 11 is 6.12. The van der Waals surface area contributed by atoms with Crippen LogP contribution < -0.4 is 5.32 Å². The van der Waals surface area contributed by atoms with Crippen LogP contribution in [-0.2, 0) is 11.3 Å². The van der Waals surface area contributed by atoms with Crippen LogP contribution in [0.1, 0.15) is 37.7 Å². The van der Waals surface area contributed by atoms with Gasteiger partial charge in [0.2, 0.25) is 5.91 Å². The number of non-ortho nitro benzene ring substituents is 1. The van der Waals surface area contributed by atoms with Crippen LogP contribution in [0.2, 0.25) is 5.02 Å². The Bertz CT molecular complexity index is 640. The number of nitrogens with one attached hydrogen (secondary N) is 1. The van der Waals surface area contributed by atoms with Gasteiger partial charge in [0, 0.05) is 49.3 Å². The minimum atomic E-state index is -0.452. The molecule has 1 aromatic carbocycles. The van der Waals surface area contributed by atoms with E-state index in [0.29, 0.717) is 35.0 Å². The number of rotatable bonds is 5. The van der Waals surface area contributed by atoms with Gasteiger partial charge in [-0.1, -0.05) is 11.6 Å². The van der Waals surface area contributed by atoms with Gasteiger partial charge in [-0.05, 0) is 43.2 Å². The zero-order valence-electron chi connectivity index (χ0n) is 13.7. The average Bonchev–Trinajstić information content (AvgIpc) is 2.87. The van der Waals surface area contributed by atoms with Crippen molar-refractivity contribution in [2.75, 3.05) is 7.05 Å². The Labute approximate surface area is 146 Å². The Morgan fingerprint density at radius 1 is 1.38 bits per heavy atom. The second-order valence-corrected chi connectivity index (χ2v) is 7.37. The lowest BCUT2D eigenvalue weighted by Gasteiger charge is -2.30. The number of halogens is 1. The van der Waals surface area contributed by atoms with Gasteiger partial charge in [-0.2, -0.15) is 0 Å². The molecule has 0 aromatic heterocycles. The van der Waals surface area contributed by atoms with Gasteiger partial charge in [-0.15, -0.1) is 0 Å². The number of fused-ring (bicyclic) bond motifs is 2.